The maximum Gasteiger partial charge on any atom is 0.464 e. The lowest BCUT2D eigenvalue weighted by Gasteiger charge is -2.17. The van der Waals surface area contributed by atoms with Crippen molar-refractivity contribution in [3.05, 3.63) is 45.4 Å². The fourth-order valence-electron chi connectivity index (χ4n) is 3.10. The third kappa shape index (κ3) is 4.30. The van der Waals surface area contributed by atoms with Crippen molar-refractivity contribution in [2.24, 2.45) is 0 Å². The summed E-state index contributed by atoms with van der Waals surface area (Å²) in [5, 5.41) is 5.77. The number of aromatic nitrogens is 1. The van der Waals surface area contributed by atoms with E-state index in [1.165, 1.54) is 26.2 Å². The van der Waals surface area contributed by atoms with Gasteiger partial charge in [0, 0.05) is 16.5 Å². The van der Waals surface area contributed by atoms with Gasteiger partial charge in [0.2, 0.25) is 0 Å². The summed E-state index contributed by atoms with van der Waals surface area (Å²) in [5.74, 6) is -1.66. The van der Waals surface area contributed by atoms with Crippen LogP contribution in [0.3, 0.4) is 0 Å². The second-order valence-corrected chi connectivity index (χ2v) is 9.23. The van der Waals surface area contributed by atoms with Crippen molar-refractivity contribution in [3.8, 4) is 5.75 Å². The molecule has 3 rings (SSSR count). The number of aliphatic carboxylic acids is 1. The summed E-state index contributed by atoms with van der Waals surface area (Å²) in [6.07, 6.45) is -6.21. The first-order valence-electron chi connectivity index (χ1n) is 8.63. The van der Waals surface area contributed by atoms with Crippen molar-refractivity contribution in [1.82, 2.24) is 4.57 Å². The number of carboxylic acid groups (broad SMARTS) is 1. The van der Waals surface area contributed by atoms with Crippen molar-refractivity contribution in [3.63, 3.8) is 0 Å². The maximum atomic E-state index is 13.3. The minimum atomic E-state index is -5.75. The number of halogens is 6. The highest BCUT2D eigenvalue weighted by atomic mass is 35.5. The van der Waals surface area contributed by atoms with Crippen LogP contribution in [0.2, 0.25) is 5.02 Å². The molecule has 0 amide bonds. The SMILES string of the molecule is COc1ccc2c(c1Cl)c(CC(=O)O)c(C)n2C(=O)c1csc(SC(F)(F)C(F)(F)F)c1. The van der Waals surface area contributed by atoms with E-state index in [0.29, 0.717) is 11.3 Å². The van der Waals surface area contributed by atoms with Gasteiger partial charge in [-0.2, -0.15) is 22.0 Å². The predicted molar refractivity (Wildman–Crippen MR) is 110 cm³/mol. The number of thioether (sulfide) groups is 1. The minimum absolute atomic E-state index is 0.0854. The molecule has 1 aromatic carbocycles. The summed E-state index contributed by atoms with van der Waals surface area (Å²) in [6, 6.07) is 3.89. The fraction of sp³-hybridized carbons (Fsp3) is 0.263. The van der Waals surface area contributed by atoms with Crippen molar-refractivity contribution < 1.29 is 41.4 Å². The van der Waals surface area contributed by atoms with E-state index >= 15 is 0 Å². The smallest absolute Gasteiger partial charge is 0.464 e. The maximum absolute atomic E-state index is 13.3. The normalized spacial score (nSPS) is 12.4. The van der Waals surface area contributed by atoms with Crippen molar-refractivity contribution in [1.29, 1.82) is 0 Å². The molecule has 2 heterocycles. The van der Waals surface area contributed by atoms with E-state index in [-0.39, 0.29) is 38.5 Å². The summed E-state index contributed by atoms with van der Waals surface area (Å²) < 4.78 is 70.0. The Morgan fingerprint density at radius 3 is 2.47 bits per heavy atom. The molecule has 13 heteroatoms. The molecule has 1 N–H and O–H groups in total. The molecule has 172 valence electrons. The average Bonchev–Trinajstić information content (AvgIpc) is 3.23. The summed E-state index contributed by atoms with van der Waals surface area (Å²) in [5.41, 5.74) is 0.599. The molecule has 0 unspecified atom stereocenters. The standard InChI is InChI=1S/C19H13ClF5NO4S2/c1-8-10(6-13(27)28)15-11(3-4-12(30-2)16(15)20)26(8)17(29)9-5-14(31-7-9)32-19(24,25)18(21,22)23/h3-5,7H,6H2,1-2H3,(H,27,28). The van der Waals surface area contributed by atoms with E-state index in [1.807, 2.05) is 0 Å². The van der Waals surface area contributed by atoms with Gasteiger partial charge in [0.25, 0.3) is 5.91 Å². The minimum Gasteiger partial charge on any atom is -0.495 e. The number of nitrogens with zero attached hydrogens (tertiary/aromatic N) is 1. The predicted octanol–water partition coefficient (Wildman–Crippen LogP) is 6.24. The van der Waals surface area contributed by atoms with Gasteiger partial charge in [0.15, 0.2) is 0 Å². The molecule has 0 aliphatic carbocycles. The van der Waals surface area contributed by atoms with E-state index in [9.17, 15) is 36.6 Å². The van der Waals surface area contributed by atoms with Gasteiger partial charge in [-0.15, -0.1) is 11.3 Å². The zero-order chi connectivity index (χ0) is 24.0. The Morgan fingerprint density at radius 2 is 1.91 bits per heavy atom. The zero-order valence-electron chi connectivity index (χ0n) is 16.2. The highest BCUT2D eigenvalue weighted by Gasteiger charge is 2.58. The third-order valence-corrected chi connectivity index (χ3v) is 6.97. The average molecular weight is 514 g/mol. The quantitative estimate of drug-likeness (QED) is 0.312. The molecule has 0 aliphatic rings. The van der Waals surface area contributed by atoms with Crippen molar-refractivity contribution >= 4 is 57.5 Å². The first kappa shape index (κ1) is 24.3. The molecule has 0 saturated heterocycles. The zero-order valence-corrected chi connectivity index (χ0v) is 18.6. The Kier molecular flexibility index (Phi) is 6.51. The van der Waals surface area contributed by atoms with E-state index in [0.717, 1.165) is 16.0 Å². The van der Waals surface area contributed by atoms with Gasteiger partial charge in [0.1, 0.15) is 5.75 Å². The molecule has 0 bridgehead atoms. The highest BCUT2D eigenvalue weighted by Crippen LogP contribution is 2.49. The molecular weight excluding hydrogens is 501 g/mol. The summed E-state index contributed by atoms with van der Waals surface area (Å²) in [7, 11) is 1.36. The van der Waals surface area contributed by atoms with Crippen LogP contribution in [-0.4, -0.2) is 40.1 Å². The lowest BCUT2D eigenvalue weighted by molar-refractivity contribution is -0.237. The second-order valence-electron chi connectivity index (χ2n) is 6.52. The van der Waals surface area contributed by atoms with E-state index in [2.05, 4.69) is 0 Å². The van der Waals surface area contributed by atoms with Gasteiger partial charge in [-0.3, -0.25) is 14.2 Å². The molecule has 32 heavy (non-hydrogen) atoms. The summed E-state index contributed by atoms with van der Waals surface area (Å²) in [6.45, 7) is 1.48. The first-order chi connectivity index (χ1) is 14.8. The number of ether oxygens (including phenoxy) is 1. The number of rotatable bonds is 6. The van der Waals surface area contributed by atoms with Crippen molar-refractivity contribution in [2.75, 3.05) is 7.11 Å². The number of hydrogen-bond acceptors (Lipinski definition) is 5. The number of hydrogen-bond donors (Lipinski definition) is 1. The van der Waals surface area contributed by atoms with Gasteiger partial charge in [0.05, 0.1) is 33.8 Å². The van der Waals surface area contributed by atoms with Crippen LogP contribution in [0.1, 0.15) is 21.6 Å². The second kappa shape index (κ2) is 8.56. The largest absolute Gasteiger partial charge is 0.495 e. The number of benzene rings is 1. The van der Waals surface area contributed by atoms with Crippen LogP contribution in [-0.2, 0) is 11.2 Å². The van der Waals surface area contributed by atoms with Crippen LogP contribution in [0.25, 0.3) is 10.9 Å². The van der Waals surface area contributed by atoms with Crippen LogP contribution in [0, 0.1) is 6.92 Å². The number of methoxy groups -OCH3 is 1. The molecule has 0 fully saturated rings. The Hall–Kier alpha value is -2.31. The van der Waals surface area contributed by atoms with E-state index in [4.69, 9.17) is 16.3 Å². The fourth-order valence-corrected chi connectivity index (χ4v) is 5.26. The van der Waals surface area contributed by atoms with Gasteiger partial charge in [-0.25, -0.2) is 0 Å². The highest BCUT2D eigenvalue weighted by molar-refractivity contribution is 8.02. The van der Waals surface area contributed by atoms with E-state index < -0.39 is 45.7 Å². The summed E-state index contributed by atoms with van der Waals surface area (Å²) >= 11 is 6.21. The topological polar surface area (TPSA) is 68.5 Å². The number of carbonyl (C=O) groups is 2. The van der Waals surface area contributed by atoms with E-state index in [1.54, 1.807) is 0 Å². The Bertz CT molecular complexity index is 1220. The number of alkyl halides is 5. The molecular formula is C19H13ClF5NO4S2. The van der Waals surface area contributed by atoms with Crippen LogP contribution in [0.5, 0.6) is 5.75 Å². The lowest BCUT2D eigenvalue weighted by Crippen LogP contribution is -2.32. The number of fused-ring (bicyclic) bond motifs is 1. The Morgan fingerprint density at radius 1 is 1.25 bits per heavy atom. The molecule has 2 aromatic heterocycles. The lowest BCUT2D eigenvalue weighted by atomic mass is 10.1. The van der Waals surface area contributed by atoms with Gasteiger partial charge in [-0.05, 0) is 42.4 Å². The number of carboxylic acids is 1. The molecule has 5 nitrogen and oxygen atoms in total. The molecule has 0 spiro atoms. The molecule has 0 saturated carbocycles. The third-order valence-electron chi connectivity index (χ3n) is 4.53. The van der Waals surface area contributed by atoms with Gasteiger partial charge < -0.3 is 9.84 Å². The van der Waals surface area contributed by atoms with Crippen LogP contribution < -0.4 is 4.74 Å². The number of thiophene rings is 1. The van der Waals surface area contributed by atoms with Crippen molar-refractivity contribution in [2.45, 2.75) is 29.0 Å². The Balaban J connectivity index is 2.10. The van der Waals surface area contributed by atoms with Crippen LogP contribution >= 0.6 is 34.7 Å². The van der Waals surface area contributed by atoms with Crippen LogP contribution in [0.4, 0.5) is 22.0 Å². The first-order valence-corrected chi connectivity index (χ1v) is 10.7. The molecule has 0 atom stereocenters. The monoisotopic (exact) mass is 513 g/mol. The molecule has 0 radical (unpaired) electrons. The Labute approximate surface area is 190 Å². The number of carbonyl (C=O) groups excluding carboxylic acids is 1. The van der Waals surface area contributed by atoms with Crippen LogP contribution in [0.15, 0.2) is 27.8 Å². The molecule has 0 aliphatic heterocycles. The van der Waals surface area contributed by atoms with Gasteiger partial charge >= 0.3 is 17.4 Å². The van der Waals surface area contributed by atoms with Gasteiger partial charge in [-0.1, -0.05) is 11.6 Å². The molecule has 3 aromatic rings. The summed E-state index contributed by atoms with van der Waals surface area (Å²) in [4.78, 5) is 24.5.